The summed E-state index contributed by atoms with van der Waals surface area (Å²) in [6.07, 6.45) is -1.45. The third-order valence-electron chi connectivity index (χ3n) is 5.07. The van der Waals surface area contributed by atoms with Crippen LogP contribution in [0.25, 0.3) is 0 Å². The summed E-state index contributed by atoms with van der Waals surface area (Å²) >= 11 is 0. The second-order valence-electron chi connectivity index (χ2n) is 8.01. The van der Waals surface area contributed by atoms with E-state index in [4.69, 9.17) is 18.9 Å². The number of ether oxygens (including phenoxy) is 4. The number of hydrogen-bond donors (Lipinski definition) is 0. The summed E-state index contributed by atoms with van der Waals surface area (Å²) in [5.74, 6) is -2.48. The van der Waals surface area contributed by atoms with Crippen LogP contribution in [0.2, 0.25) is 13.1 Å². The maximum atomic E-state index is 13.2. The molecule has 31 heavy (non-hydrogen) atoms. The van der Waals surface area contributed by atoms with Gasteiger partial charge in [-0.2, -0.15) is 0 Å². The summed E-state index contributed by atoms with van der Waals surface area (Å²) in [5, 5.41) is 0. The van der Waals surface area contributed by atoms with E-state index in [1.807, 2.05) is 36.0 Å². The molecule has 0 spiro atoms. The first-order chi connectivity index (χ1) is 14.7. The normalized spacial score (nSPS) is 19.1. The zero-order valence-corrected chi connectivity index (χ0v) is 19.9. The molecule has 1 atom stereocenters. The number of carbonyl (C=O) groups is 3. The summed E-state index contributed by atoms with van der Waals surface area (Å²) in [7, 11) is -2.13. The highest BCUT2D eigenvalue weighted by molar-refractivity contribution is 6.81. The minimum absolute atomic E-state index is 0.0493. The van der Waals surface area contributed by atoms with E-state index in [1.165, 1.54) is 0 Å². The lowest BCUT2D eigenvalue weighted by Gasteiger charge is -2.30. The van der Waals surface area contributed by atoms with Crippen molar-refractivity contribution in [3.05, 3.63) is 47.2 Å². The molecule has 0 aromatic heterocycles. The van der Waals surface area contributed by atoms with Crippen LogP contribution < -0.4 is 0 Å². The van der Waals surface area contributed by atoms with Crippen molar-refractivity contribution in [2.24, 2.45) is 5.41 Å². The van der Waals surface area contributed by atoms with Crippen molar-refractivity contribution in [1.82, 2.24) is 0 Å². The molecule has 1 aromatic carbocycles. The van der Waals surface area contributed by atoms with Gasteiger partial charge < -0.3 is 18.9 Å². The zero-order valence-electron chi connectivity index (χ0n) is 18.9. The summed E-state index contributed by atoms with van der Waals surface area (Å²) in [6, 6.07) is 10.8. The van der Waals surface area contributed by atoms with E-state index in [0.29, 0.717) is 5.57 Å². The van der Waals surface area contributed by atoms with Crippen LogP contribution in [0.1, 0.15) is 26.3 Å². The molecule has 0 N–H and O–H groups in total. The minimum atomic E-state index is -2.13. The van der Waals surface area contributed by atoms with Crippen LogP contribution in [-0.2, 0) is 39.4 Å². The predicted molar refractivity (Wildman–Crippen MR) is 118 cm³/mol. The van der Waals surface area contributed by atoms with Crippen LogP contribution in [0, 0.1) is 5.41 Å². The fourth-order valence-corrected chi connectivity index (χ4v) is 6.54. The van der Waals surface area contributed by atoms with Gasteiger partial charge in [0.2, 0.25) is 5.41 Å². The van der Waals surface area contributed by atoms with Gasteiger partial charge in [0.25, 0.3) is 0 Å². The van der Waals surface area contributed by atoms with Crippen LogP contribution >= 0.6 is 0 Å². The number of esters is 3. The van der Waals surface area contributed by atoms with Gasteiger partial charge in [-0.15, -0.1) is 0 Å². The lowest BCUT2D eigenvalue weighted by Crippen LogP contribution is -2.53. The smallest absolute Gasteiger partial charge is 0.337 e. The summed E-state index contributed by atoms with van der Waals surface area (Å²) in [6.45, 7) is 9.33. The Morgan fingerprint density at radius 1 is 1.00 bits per heavy atom. The molecule has 1 fully saturated rings. The first-order valence-corrected chi connectivity index (χ1v) is 13.9. The molecule has 170 valence electrons. The molecule has 2 rings (SSSR count). The van der Waals surface area contributed by atoms with Gasteiger partial charge in [-0.25, -0.2) is 4.79 Å². The monoisotopic (exact) mass is 448 g/mol. The van der Waals surface area contributed by atoms with Crippen LogP contribution in [0.4, 0.5) is 0 Å². The second-order valence-corrected chi connectivity index (χ2v) is 12.6. The molecule has 1 saturated heterocycles. The zero-order chi connectivity index (χ0) is 23.1. The van der Waals surface area contributed by atoms with E-state index in [1.54, 1.807) is 20.8 Å². The van der Waals surface area contributed by atoms with Crippen molar-refractivity contribution in [3.8, 4) is 0 Å². The number of hydrogen-bond acceptors (Lipinski definition) is 7. The lowest BCUT2D eigenvalue weighted by atomic mass is 9.77. The Balaban J connectivity index is 2.58. The highest BCUT2D eigenvalue weighted by Gasteiger charge is 2.65. The number of carbonyl (C=O) groups excluding carboxylic acids is 3. The van der Waals surface area contributed by atoms with Gasteiger partial charge in [0.05, 0.1) is 34.5 Å². The van der Waals surface area contributed by atoms with Crippen LogP contribution in [0.5, 0.6) is 0 Å². The van der Waals surface area contributed by atoms with Crippen molar-refractivity contribution in [2.45, 2.75) is 46.0 Å². The van der Waals surface area contributed by atoms with Crippen molar-refractivity contribution in [2.75, 3.05) is 26.4 Å². The summed E-state index contributed by atoms with van der Waals surface area (Å²) in [4.78, 5) is 39.1. The molecule has 0 saturated carbocycles. The second kappa shape index (κ2) is 10.7. The minimum Gasteiger partial charge on any atom is -0.465 e. The fraction of sp³-hybridized carbons (Fsp3) is 0.522. The van der Waals surface area contributed by atoms with Crippen LogP contribution in [-0.4, -0.2) is 58.5 Å². The summed E-state index contributed by atoms with van der Waals surface area (Å²) in [5.41, 5.74) is 1.54. The average Bonchev–Trinajstić information content (AvgIpc) is 3.08. The molecule has 0 radical (unpaired) electrons. The van der Waals surface area contributed by atoms with Crippen molar-refractivity contribution >= 4 is 26.0 Å². The predicted octanol–water partition coefficient (Wildman–Crippen LogP) is 3.02. The topological polar surface area (TPSA) is 88.1 Å². The first kappa shape index (κ1) is 24.8. The van der Waals surface area contributed by atoms with Gasteiger partial charge in [0.15, 0.2) is 6.10 Å². The Bertz CT molecular complexity index is 798. The molecular weight excluding hydrogens is 416 g/mol. The van der Waals surface area contributed by atoms with E-state index in [2.05, 4.69) is 13.1 Å². The highest BCUT2D eigenvalue weighted by atomic mass is 28.3. The molecule has 0 amide bonds. The largest absolute Gasteiger partial charge is 0.465 e. The molecule has 0 bridgehead atoms. The molecule has 1 heterocycles. The average molecular weight is 449 g/mol. The van der Waals surface area contributed by atoms with E-state index < -0.39 is 37.5 Å². The third-order valence-corrected chi connectivity index (χ3v) is 7.52. The molecule has 8 heteroatoms. The number of rotatable bonds is 9. The fourth-order valence-electron chi connectivity index (χ4n) is 3.89. The third kappa shape index (κ3) is 5.43. The maximum absolute atomic E-state index is 13.2. The Labute approximate surface area is 184 Å². The molecule has 7 nitrogen and oxygen atoms in total. The van der Waals surface area contributed by atoms with Gasteiger partial charge in [-0.1, -0.05) is 54.7 Å². The van der Waals surface area contributed by atoms with Crippen molar-refractivity contribution in [3.63, 3.8) is 0 Å². The van der Waals surface area contributed by atoms with Crippen LogP contribution in [0.15, 0.2) is 41.6 Å². The Morgan fingerprint density at radius 2 is 1.55 bits per heavy atom. The van der Waals surface area contributed by atoms with Gasteiger partial charge >= 0.3 is 17.9 Å². The van der Waals surface area contributed by atoms with E-state index in [-0.39, 0.29) is 26.4 Å². The van der Waals surface area contributed by atoms with E-state index in [9.17, 15) is 14.4 Å². The summed E-state index contributed by atoms with van der Waals surface area (Å²) < 4.78 is 21.4. The SMILES string of the molecule is CCOC(=O)C1OC/C(=C\[Si](C)(C)Cc2ccccc2)C1(C(=O)OCC)C(=O)OCC. The Hall–Kier alpha value is -2.45. The molecule has 1 aromatic rings. The van der Waals surface area contributed by atoms with Gasteiger partial charge in [-0.3, -0.25) is 9.59 Å². The first-order valence-electron chi connectivity index (χ1n) is 10.6. The number of benzene rings is 1. The van der Waals surface area contributed by atoms with E-state index in [0.717, 1.165) is 11.6 Å². The molecular formula is C23H32O7Si. The molecule has 0 aliphatic carbocycles. The molecule has 1 unspecified atom stereocenters. The van der Waals surface area contributed by atoms with Crippen molar-refractivity contribution in [1.29, 1.82) is 0 Å². The molecule has 1 aliphatic rings. The highest BCUT2D eigenvalue weighted by Crippen LogP contribution is 2.44. The Morgan fingerprint density at radius 3 is 2.06 bits per heavy atom. The van der Waals surface area contributed by atoms with Gasteiger partial charge in [0.1, 0.15) is 0 Å². The lowest BCUT2D eigenvalue weighted by molar-refractivity contribution is -0.182. The van der Waals surface area contributed by atoms with Crippen LogP contribution in [0.3, 0.4) is 0 Å². The van der Waals surface area contributed by atoms with Crippen molar-refractivity contribution < 1.29 is 33.3 Å². The maximum Gasteiger partial charge on any atom is 0.337 e. The Kier molecular flexibility index (Phi) is 8.58. The molecule has 1 aliphatic heterocycles. The van der Waals surface area contributed by atoms with E-state index >= 15 is 0 Å². The quantitative estimate of drug-likeness (QED) is 0.248. The van der Waals surface area contributed by atoms with Gasteiger partial charge in [0, 0.05) is 0 Å². The standard InChI is InChI=1S/C23H32O7Si/c1-6-27-20(24)19-23(21(25)28-7-2,22(26)29-8-3)18(14-30-19)16-31(4,5)15-17-12-10-9-11-13-17/h9-13,16,19H,6-8,14-15H2,1-5H3/b18-16+. The van der Waals surface area contributed by atoms with Gasteiger partial charge in [-0.05, 0) is 32.4 Å².